The molecule has 0 radical (unpaired) electrons. The highest BCUT2D eigenvalue weighted by atomic mass is 16.1. The Morgan fingerprint density at radius 2 is 2.30 bits per heavy atom. The van der Waals surface area contributed by atoms with Gasteiger partial charge in [0.1, 0.15) is 6.04 Å². The SMILES string of the molecule is C=CC(=O)C(C=C)N=[N+]=[N-]. The molecule has 0 fully saturated rings. The zero-order chi connectivity index (χ0) is 7.98. The summed E-state index contributed by atoms with van der Waals surface area (Å²) >= 11 is 0. The molecular formula is C6H7N3O. The summed E-state index contributed by atoms with van der Waals surface area (Å²) in [6.07, 6.45) is 2.37. The molecule has 0 saturated heterocycles. The summed E-state index contributed by atoms with van der Waals surface area (Å²) in [5, 5.41) is 3.16. The molecule has 0 heterocycles. The summed E-state index contributed by atoms with van der Waals surface area (Å²) in [6.45, 7) is 6.55. The summed E-state index contributed by atoms with van der Waals surface area (Å²) in [4.78, 5) is 13.1. The van der Waals surface area contributed by atoms with Gasteiger partial charge in [-0.15, -0.1) is 6.58 Å². The second-order valence-corrected chi connectivity index (χ2v) is 1.49. The van der Waals surface area contributed by atoms with Crippen molar-refractivity contribution in [3.05, 3.63) is 35.8 Å². The van der Waals surface area contributed by atoms with Gasteiger partial charge < -0.3 is 0 Å². The minimum absolute atomic E-state index is 0.340. The van der Waals surface area contributed by atoms with E-state index in [0.717, 1.165) is 6.08 Å². The third-order valence-electron chi connectivity index (χ3n) is 0.892. The van der Waals surface area contributed by atoms with Crippen LogP contribution in [0.25, 0.3) is 10.4 Å². The van der Waals surface area contributed by atoms with Crippen LogP contribution >= 0.6 is 0 Å². The van der Waals surface area contributed by atoms with E-state index >= 15 is 0 Å². The molecule has 1 unspecified atom stereocenters. The molecule has 1 atom stereocenters. The molecule has 4 nitrogen and oxygen atoms in total. The van der Waals surface area contributed by atoms with Gasteiger partial charge in [-0.1, -0.05) is 17.8 Å². The fraction of sp³-hybridized carbons (Fsp3) is 0.167. The number of carbonyl (C=O) groups excluding carboxylic acids is 1. The predicted octanol–water partition coefficient (Wildman–Crippen LogP) is 1.61. The molecule has 0 aliphatic carbocycles. The van der Waals surface area contributed by atoms with Crippen LogP contribution in [0.5, 0.6) is 0 Å². The number of rotatable bonds is 4. The topological polar surface area (TPSA) is 65.8 Å². The van der Waals surface area contributed by atoms with Crippen molar-refractivity contribution in [1.29, 1.82) is 0 Å². The van der Waals surface area contributed by atoms with Gasteiger partial charge in [-0.3, -0.25) is 4.79 Å². The second-order valence-electron chi connectivity index (χ2n) is 1.49. The van der Waals surface area contributed by atoms with Gasteiger partial charge in [0.05, 0.1) is 0 Å². The molecular weight excluding hydrogens is 130 g/mol. The lowest BCUT2D eigenvalue weighted by molar-refractivity contribution is -0.114. The molecule has 52 valence electrons. The largest absolute Gasteiger partial charge is 0.294 e. The molecule has 0 spiro atoms. The number of nitrogens with zero attached hydrogens (tertiary/aromatic N) is 3. The van der Waals surface area contributed by atoms with Crippen molar-refractivity contribution < 1.29 is 4.79 Å². The molecule has 0 aromatic rings. The van der Waals surface area contributed by atoms with Crippen molar-refractivity contribution in [2.75, 3.05) is 0 Å². The van der Waals surface area contributed by atoms with Crippen LogP contribution in [0.1, 0.15) is 0 Å². The number of hydrogen-bond donors (Lipinski definition) is 0. The number of hydrogen-bond acceptors (Lipinski definition) is 2. The van der Waals surface area contributed by atoms with Crippen LogP contribution in [-0.2, 0) is 4.79 Å². The van der Waals surface area contributed by atoms with Crippen LogP contribution in [-0.4, -0.2) is 11.8 Å². The normalized spacial score (nSPS) is 10.8. The number of ketones is 1. The Morgan fingerprint density at radius 3 is 2.60 bits per heavy atom. The highest BCUT2D eigenvalue weighted by Gasteiger charge is 2.06. The van der Waals surface area contributed by atoms with Gasteiger partial charge in [0, 0.05) is 4.91 Å². The van der Waals surface area contributed by atoms with Gasteiger partial charge in [-0.25, -0.2) is 0 Å². The van der Waals surface area contributed by atoms with E-state index in [1.807, 2.05) is 0 Å². The van der Waals surface area contributed by atoms with E-state index in [2.05, 4.69) is 23.2 Å². The van der Waals surface area contributed by atoms with E-state index in [1.54, 1.807) is 0 Å². The average Bonchev–Trinajstić information content (AvgIpc) is 1.99. The second kappa shape index (κ2) is 4.35. The van der Waals surface area contributed by atoms with Gasteiger partial charge in [-0.2, -0.15) is 0 Å². The molecule has 0 saturated carbocycles. The molecule has 0 N–H and O–H groups in total. The summed E-state index contributed by atoms with van der Waals surface area (Å²) in [5.41, 5.74) is 7.94. The molecule has 0 bridgehead atoms. The molecule has 0 aromatic carbocycles. The monoisotopic (exact) mass is 137 g/mol. The molecule has 0 aromatic heterocycles. The molecule has 0 aliphatic rings. The summed E-state index contributed by atoms with van der Waals surface area (Å²) in [6, 6.07) is -0.803. The minimum atomic E-state index is -0.803. The maximum Gasteiger partial charge on any atom is 0.167 e. The Hall–Kier alpha value is -1.54. The van der Waals surface area contributed by atoms with Gasteiger partial charge >= 0.3 is 0 Å². The highest BCUT2D eigenvalue weighted by Crippen LogP contribution is 1.95. The van der Waals surface area contributed by atoms with Crippen molar-refractivity contribution in [3.8, 4) is 0 Å². The minimum Gasteiger partial charge on any atom is -0.294 e. The first-order valence-electron chi connectivity index (χ1n) is 2.59. The standard InChI is InChI=1S/C6H7N3O/c1-3-5(8-9-7)6(10)4-2/h3-5H,1-2H2. The summed E-state index contributed by atoms with van der Waals surface area (Å²) in [7, 11) is 0. The van der Waals surface area contributed by atoms with Crippen molar-refractivity contribution in [3.63, 3.8) is 0 Å². The first-order chi connectivity index (χ1) is 4.76. The molecule has 0 amide bonds. The lowest BCUT2D eigenvalue weighted by atomic mass is 10.2. The highest BCUT2D eigenvalue weighted by molar-refractivity contribution is 5.95. The van der Waals surface area contributed by atoms with E-state index in [4.69, 9.17) is 5.53 Å². The summed E-state index contributed by atoms with van der Waals surface area (Å²) < 4.78 is 0. The predicted molar refractivity (Wildman–Crippen MR) is 38.3 cm³/mol. The van der Waals surface area contributed by atoms with Crippen molar-refractivity contribution >= 4 is 5.78 Å². The Bertz CT molecular complexity index is 203. The van der Waals surface area contributed by atoms with E-state index in [0.29, 0.717) is 0 Å². The Balaban J connectivity index is 4.33. The Labute approximate surface area is 58.5 Å². The Morgan fingerprint density at radius 1 is 1.70 bits per heavy atom. The van der Waals surface area contributed by atoms with E-state index in [1.165, 1.54) is 6.08 Å². The molecule has 0 aliphatic heterocycles. The fourth-order valence-electron chi connectivity index (χ4n) is 0.397. The van der Waals surface area contributed by atoms with Gasteiger partial charge in [0.15, 0.2) is 5.78 Å². The average molecular weight is 137 g/mol. The van der Waals surface area contributed by atoms with Crippen molar-refractivity contribution in [1.82, 2.24) is 0 Å². The maximum absolute atomic E-state index is 10.7. The zero-order valence-corrected chi connectivity index (χ0v) is 5.40. The van der Waals surface area contributed by atoms with Crippen LogP contribution in [0.15, 0.2) is 30.4 Å². The van der Waals surface area contributed by atoms with Crippen LogP contribution in [0.4, 0.5) is 0 Å². The smallest absolute Gasteiger partial charge is 0.167 e. The van der Waals surface area contributed by atoms with Gasteiger partial charge in [-0.05, 0) is 11.6 Å². The van der Waals surface area contributed by atoms with Crippen molar-refractivity contribution in [2.24, 2.45) is 5.11 Å². The quantitative estimate of drug-likeness (QED) is 0.191. The van der Waals surface area contributed by atoms with Crippen molar-refractivity contribution in [2.45, 2.75) is 6.04 Å². The third-order valence-corrected chi connectivity index (χ3v) is 0.892. The maximum atomic E-state index is 10.7. The van der Waals surface area contributed by atoms with Crippen LogP contribution in [0, 0.1) is 0 Å². The van der Waals surface area contributed by atoms with Crippen LogP contribution < -0.4 is 0 Å². The first-order valence-corrected chi connectivity index (χ1v) is 2.59. The van der Waals surface area contributed by atoms with Crippen LogP contribution in [0.2, 0.25) is 0 Å². The van der Waals surface area contributed by atoms with Gasteiger partial charge in [0.25, 0.3) is 0 Å². The first kappa shape index (κ1) is 8.46. The van der Waals surface area contributed by atoms with E-state index in [9.17, 15) is 4.79 Å². The molecule has 10 heavy (non-hydrogen) atoms. The number of azide groups is 1. The molecule has 0 rings (SSSR count). The fourth-order valence-corrected chi connectivity index (χ4v) is 0.397. The van der Waals surface area contributed by atoms with Gasteiger partial charge in [0.2, 0.25) is 0 Å². The summed E-state index contributed by atoms with van der Waals surface area (Å²) in [5.74, 6) is -0.340. The number of carbonyl (C=O) groups is 1. The van der Waals surface area contributed by atoms with E-state index in [-0.39, 0.29) is 5.78 Å². The Kier molecular flexibility index (Phi) is 3.68. The van der Waals surface area contributed by atoms with Crippen LogP contribution in [0.3, 0.4) is 0 Å². The lowest BCUT2D eigenvalue weighted by Gasteiger charge is -1.95. The zero-order valence-electron chi connectivity index (χ0n) is 5.40. The third kappa shape index (κ3) is 2.15. The molecule has 4 heteroatoms. The lowest BCUT2D eigenvalue weighted by Crippen LogP contribution is -2.10. The van der Waals surface area contributed by atoms with E-state index < -0.39 is 6.04 Å².